The Morgan fingerprint density at radius 1 is 0.889 bits per heavy atom. The Morgan fingerprint density at radius 3 is 2.42 bits per heavy atom. The first-order valence-electron chi connectivity index (χ1n) is 12.7. The van der Waals surface area contributed by atoms with E-state index in [9.17, 15) is 4.79 Å². The fourth-order valence-electron chi connectivity index (χ4n) is 5.69. The molecule has 180 valence electrons. The minimum absolute atomic E-state index is 0.0559. The van der Waals surface area contributed by atoms with Crippen molar-refractivity contribution in [1.82, 2.24) is 0 Å². The number of hydrogen-bond acceptors (Lipinski definition) is 3. The molecule has 0 saturated carbocycles. The second-order valence-electron chi connectivity index (χ2n) is 11.0. The van der Waals surface area contributed by atoms with E-state index >= 15 is 0 Å². The zero-order valence-corrected chi connectivity index (χ0v) is 21.1. The smallest absolute Gasteiger partial charge is 0.162 e. The van der Waals surface area contributed by atoms with Gasteiger partial charge in [0.05, 0.1) is 6.04 Å². The lowest BCUT2D eigenvalue weighted by Gasteiger charge is -2.40. The summed E-state index contributed by atoms with van der Waals surface area (Å²) in [5, 5.41) is 6.14. The van der Waals surface area contributed by atoms with Gasteiger partial charge in [-0.25, -0.2) is 0 Å². The minimum Gasteiger partial charge on any atom is -0.489 e. The largest absolute Gasteiger partial charge is 0.489 e. The van der Waals surface area contributed by atoms with Crippen molar-refractivity contribution >= 4 is 27.8 Å². The molecule has 1 unspecified atom stereocenters. The van der Waals surface area contributed by atoms with E-state index in [0.717, 1.165) is 34.6 Å². The molecule has 0 fully saturated rings. The summed E-state index contributed by atoms with van der Waals surface area (Å²) in [5.74, 6) is 1.07. The molecule has 3 nitrogen and oxygen atoms in total. The Balaban J connectivity index is 1.36. The van der Waals surface area contributed by atoms with Crippen LogP contribution < -0.4 is 10.1 Å². The number of aryl methyl sites for hydroxylation is 1. The molecule has 0 saturated heterocycles. The maximum absolute atomic E-state index is 13.6. The van der Waals surface area contributed by atoms with Crippen LogP contribution in [0.25, 0.3) is 16.3 Å². The van der Waals surface area contributed by atoms with Crippen molar-refractivity contribution in [3.8, 4) is 5.75 Å². The third-order valence-corrected chi connectivity index (χ3v) is 7.48. The van der Waals surface area contributed by atoms with Crippen LogP contribution in [0.15, 0.2) is 90.5 Å². The Morgan fingerprint density at radius 2 is 1.64 bits per heavy atom. The number of Topliss-reactive ketones (excluding diaryl/α,β-unsaturated/α-hetero) is 1. The van der Waals surface area contributed by atoms with Gasteiger partial charge in [0.15, 0.2) is 5.78 Å². The summed E-state index contributed by atoms with van der Waals surface area (Å²) in [6, 6.07) is 29.2. The average Bonchev–Trinajstić information content (AvgIpc) is 2.87. The van der Waals surface area contributed by atoms with Crippen LogP contribution in [-0.2, 0) is 11.4 Å². The lowest BCUT2D eigenvalue weighted by atomic mass is 9.68. The van der Waals surface area contributed by atoms with Gasteiger partial charge in [-0.1, -0.05) is 86.1 Å². The Bertz CT molecular complexity index is 1490. The number of carbonyl (C=O) groups is 1. The van der Waals surface area contributed by atoms with Crippen molar-refractivity contribution in [2.45, 2.75) is 46.3 Å². The van der Waals surface area contributed by atoms with Gasteiger partial charge >= 0.3 is 0 Å². The minimum atomic E-state index is -0.164. The number of nitrogens with one attached hydrogen (secondary N) is 1. The fourth-order valence-corrected chi connectivity index (χ4v) is 5.69. The molecule has 0 spiro atoms. The summed E-state index contributed by atoms with van der Waals surface area (Å²) in [4.78, 5) is 13.6. The number of fused-ring (bicyclic) bond motifs is 4. The highest BCUT2D eigenvalue weighted by atomic mass is 16.5. The molecule has 2 aliphatic rings. The van der Waals surface area contributed by atoms with Gasteiger partial charge in [0.1, 0.15) is 12.4 Å². The topological polar surface area (TPSA) is 38.3 Å². The lowest BCUT2D eigenvalue weighted by Crippen LogP contribution is -2.33. The maximum atomic E-state index is 13.6. The average molecular weight is 474 g/mol. The van der Waals surface area contributed by atoms with Crippen molar-refractivity contribution < 1.29 is 9.53 Å². The predicted octanol–water partition coefficient (Wildman–Crippen LogP) is 8.04. The summed E-state index contributed by atoms with van der Waals surface area (Å²) >= 11 is 0. The van der Waals surface area contributed by atoms with Crippen molar-refractivity contribution in [3.63, 3.8) is 0 Å². The van der Waals surface area contributed by atoms with Crippen LogP contribution in [0.3, 0.4) is 0 Å². The number of ketones is 1. The molecule has 6 rings (SSSR count). The van der Waals surface area contributed by atoms with Crippen LogP contribution >= 0.6 is 0 Å². The van der Waals surface area contributed by atoms with Gasteiger partial charge in [0.2, 0.25) is 0 Å². The Kier molecular flexibility index (Phi) is 5.44. The molecule has 4 aromatic rings. The highest BCUT2D eigenvalue weighted by Crippen LogP contribution is 2.52. The number of carbonyl (C=O) groups excluding carboxylic acids is 1. The van der Waals surface area contributed by atoms with Crippen LogP contribution in [-0.4, -0.2) is 5.78 Å². The summed E-state index contributed by atoms with van der Waals surface area (Å²) in [6.07, 6.45) is 1.47. The molecular formula is C33H31NO2. The van der Waals surface area contributed by atoms with Crippen LogP contribution in [0.4, 0.5) is 5.69 Å². The van der Waals surface area contributed by atoms with Gasteiger partial charge in [-0.15, -0.1) is 0 Å². The first kappa shape index (κ1) is 22.6. The number of anilines is 1. The zero-order valence-electron chi connectivity index (χ0n) is 21.1. The number of allylic oxidation sites excluding steroid dienone is 1. The van der Waals surface area contributed by atoms with E-state index in [-0.39, 0.29) is 17.2 Å². The molecule has 4 aromatic carbocycles. The number of hydrogen-bond donors (Lipinski definition) is 1. The molecule has 1 heterocycles. The molecule has 0 bridgehead atoms. The third-order valence-electron chi connectivity index (χ3n) is 7.48. The van der Waals surface area contributed by atoms with Crippen molar-refractivity contribution in [2.24, 2.45) is 5.41 Å². The molecular weight excluding hydrogens is 442 g/mol. The zero-order chi connectivity index (χ0) is 24.9. The molecule has 36 heavy (non-hydrogen) atoms. The second kappa shape index (κ2) is 8.67. The van der Waals surface area contributed by atoms with E-state index in [1.807, 2.05) is 12.1 Å². The van der Waals surface area contributed by atoms with Crippen LogP contribution in [0.2, 0.25) is 0 Å². The molecule has 0 aromatic heterocycles. The predicted molar refractivity (Wildman–Crippen MR) is 147 cm³/mol. The normalized spacial score (nSPS) is 18.4. The molecule has 1 aliphatic carbocycles. The Hall–Kier alpha value is -3.85. The first-order valence-corrected chi connectivity index (χ1v) is 12.7. The van der Waals surface area contributed by atoms with Crippen molar-refractivity contribution in [3.05, 3.63) is 113 Å². The van der Waals surface area contributed by atoms with Gasteiger partial charge in [0, 0.05) is 23.2 Å². The van der Waals surface area contributed by atoms with Crippen molar-refractivity contribution in [1.29, 1.82) is 0 Å². The van der Waals surface area contributed by atoms with Gasteiger partial charge in [-0.3, -0.25) is 4.79 Å². The molecule has 0 amide bonds. The summed E-state index contributed by atoms with van der Waals surface area (Å²) < 4.78 is 6.03. The monoisotopic (exact) mass is 473 g/mol. The number of benzene rings is 4. The first-order chi connectivity index (χ1) is 17.4. The summed E-state index contributed by atoms with van der Waals surface area (Å²) in [6.45, 7) is 7.03. The fraction of sp³-hybridized carbons (Fsp3) is 0.242. The van der Waals surface area contributed by atoms with Crippen LogP contribution in [0, 0.1) is 12.3 Å². The van der Waals surface area contributed by atoms with E-state index in [2.05, 4.69) is 98.9 Å². The molecule has 1 aliphatic heterocycles. The molecule has 1 N–H and O–H groups in total. The number of ether oxygens (including phenoxy) is 1. The highest BCUT2D eigenvalue weighted by molar-refractivity contribution is 6.12. The Labute approximate surface area is 212 Å². The van der Waals surface area contributed by atoms with E-state index in [1.54, 1.807) is 0 Å². The second-order valence-corrected chi connectivity index (χ2v) is 11.0. The molecule has 0 radical (unpaired) electrons. The van der Waals surface area contributed by atoms with E-state index in [0.29, 0.717) is 13.0 Å². The molecule has 1 atom stereocenters. The standard InChI is InChI=1S/C33H31NO2/c1-21-8-10-22(11-9-21)20-36-25-15-12-24(13-16-25)32-31-27(18-33(2,3)19-29(31)35)30-26-7-5-4-6-23(26)14-17-28(30)34-32/h4-17,32,34H,18-20H2,1-3H3. The summed E-state index contributed by atoms with van der Waals surface area (Å²) in [5.41, 5.74) is 7.83. The van der Waals surface area contributed by atoms with Crippen molar-refractivity contribution in [2.75, 3.05) is 5.32 Å². The SMILES string of the molecule is Cc1ccc(COc2ccc(C3Nc4ccc5ccccc5c4C4=C3C(=O)CC(C)(C)C4)cc2)cc1. The van der Waals surface area contributed by atoms with E-state index in [1.165, 1.54) is 27.5 Å². The van der Waals surface area contributed by atoms with Gasteiger partial charge in [0.25, 0.3) is 0 Å². The van der Waals surface area contributed by atoms with E-state index < -0.39 is 0 Å². The third kappa shape index (κ3) is 4.09. The van der Waals surface area contributed by atoms with Gasteiger partial charge in [-0.2, -0.15) is 0 Å². The van der Waals surface area contributed by atoms with Crippen LogP contribution in [0.1, 0.15) is 55.0 Å². The lowest BCUT2D eigenvalue weighted by molar-refractivity contribution is -0.118. The summed E-state index contributed by atoms with van der Waals surface area (Å²) in [7, 11) is 0. The van der Waals surface area contributed by atoms with Gasteiger partial charge in [-0.05, 0) is 64.4 Å². The highest BCUT2D eigenvalue weighted by Gasteiger charge is 2.40. The van der Waals surface area contributed by atoms with Gasteiger partial charge < -0.3 is 10.1 Å². The van der Waals surface area contributed by atoms with E-state index in [4.69, 9.17) is 4.74 Å². The maximum Gasteiger partial charge on any atom is 0.162 e. The number of rotatable bonds is 4. The quantitative estimate of drug-likeness (QED) is 0.326. The molecule has 3 heteroatoms. The van der Waals surface area contributed by atoms with Crippen LogP contribution in [0.5, 0.6) is 5.75 Å².